The van der Waals surface area contributed by atoms with Crippen molar-refractivity contribution in [2.75, 3.05) is 0 Å². The Morgan fingerprint density at radius 2 is 1.37 bits per heavy atom. The van der Waals surface area contributed by atoms with Gasteiger partial charge in [0.1, 0.15) is 6.10 Å². The van der Waals surface area contributed by atoms with Crippen LogP contribution in [-0.4, -0.2) is 24.1 Å². The van der Waals surface area contributed by atoms with Crippen molar-refractivity contribution in [1.29, 1.82) is 0 Å². The number of rotatable bonds is 10. The van der Waals surface area contributed by atoms with E-state index in [2.05, 4.69) is 13.8 Å². The van der Waals surface area contributed by atoms with Crippen LogP contribution in [0.25, 0.3) is 0 Å². The zero-order chi connectivity index (χ0) is 14.7. The Labute approximate surface area is 116 Å². The normalized spacial score (nSPS) is 12.3. The van der Waals surface area contributed by atoms with Crippen molar-refractivity contribution in [2.45, 2.75) is 84.8 Å². The van der Waals surface area contributed by atoms with Gasteiger partial charge in [0.15, 0.2) is 0 Å². The quantitative estimate of drug-likeness (QED) is 0.570. The molecule has 0 N–H and O–H groups in total. The van der Waals surface area contributed by atoms with Crippen molar-refractivity contribution in [3.05, 3.63) is 0 Å². The molecule has 0 bridgehead atoms. The highest BCUT2D eigenvalue weighted by atomic mass is 16.5. The van der Waals surface area contributed by atoms with Crippen LogP contribution in [0.3, 0.4) is 0 Å². The van der Waals surface area contributed by atoms with Crippen molar-refractivity contribution < 1.29 is 19.1 Å². The third kappa shape index (κ3) is 9.51. The van der Waals surface area contributed by atoms with Crippen molar-refractivity contribution in [3.63, 3.8) is 0 Å². The fourth-order valence-electron chi connectivity index (χ4n) is 1.72. The lowest BCUT2D eigenvalue weighted by atomic mass is 10.1. The average Bonchev–Trinajstić information content (AvgIpc) is 2.37. The van der Waals surface area contributed by atoms with Gasteiger partial charge in [-0.05, 0) is 26.2 Å². The summed E-state index contributed by atoms with van der Waals surface area (Å²) in [5.41, 5.74) is 0. The SMILES string of the molecule is CCCC(CCC)OC(=O)CCC(=O)OC(C)CC. The molecule has 1 atom stereocenters. The molecule has 0 heterocycles. The molecule has 0 aliphatic rings. The van der Waals surface area contributed by atoms with Gasteiger partial charge in [-0.25, -0.2) is 0 Å². The lowest BCUT2D eigenvalue weighted by molar-refractivity contribution is -0.156. The Morgan fingerprint density at radius 1 is 0.895 bits per heavy atom. The first-order valence-corrected chi connectivity index (χ1v) is 7.42. The summed E-state index contributed by atoms with van der Waals surface area (Å²) in [6, 6.07) is 0. The Hall–Kier alpha value is -1.06. The number of hydrogen-bond donors (Lipinski definition) is 0. The van der Waals surface area contributed by atoms with Crippen LogP contribution in [0.4, 0.5) is 0 Å². The summed E-state index contributed by atoms with van der Waals surface area (Å²) in [6.07, 6.45) is 4.67. The minimum atomic E-state index is -0.325. The van der Waals surface area contributed by atoms with E-state index in [0.717, 1.165) is 32.1 Å². The van der Waals surface area contributed by atoms with E-state index in [4.69, 9.17) is 9.47 Å². The van der Waals surface area contributed by atoms with Crippen molar-refractivity contribution in [1.82, 2.24) is 0 Å². The van der Waals surface area contributed by atoms with Gasteiger partial charge in [0.2, 0.25) is 0 Å². The Balaban J connectivity index is 3.92. The van der Waals surface area contributed by atoms with Gasteiger partial charge in [-0.3, -0.25) is 9.59 Å². The number of hydrogen-bond acceptors (Lipinski definition) is 4. The number of carbonyl (C=O) groups is 2. The van der Waals surface area contributed by atoms with Crippen LogP contribution in [0.2, 0.25) is 0 Å². The Bertz CT molecular complexity index is 257. The second-order valence-electron chi connectivity index (χ2n) is 4.90. The average molecular weight is 272 g/mol. The van der Waals surface area contributed by atoms with E-state index < -0.39 is 0 Å². The second-order valence-corrected chi connectivity index (χ2v) is 4.90. The zero-order valence-electron chi connectivity index (χ0n) is 12.7. The molecule has 0 aromatic carbocycles. The molecular weight excluding hydrogens is 244 g/mol. The first kappa shape index (κ1) is 17.9. The van der Waals surface area contributed by atoms with Gasteiger partial charge in [-0.1, -0.05) is 33.6 Å². The van der Waals surface area contributed by atoms with Crippen LogP contribution in [0.1, 0.15) is 72.6 Å². The molecule has 0 saturated heterocycles. The van der Waals surface area contributed by atoms with Crippen LogP contribution in [0.15, 0.2) is 0 Å². The molecule has 4 heteroatoms. The van der Waals surface area contributed by atoms with Gasteiger partial charge < -0.3 is 9.47 Å². The third-order valence-electron chi connectivity index (χ3n) is 2.96. The smallest absolute Gasteiger partial charge is 0.306 e. The standard InChI is InChI=1S/C15H28O4/c1-5-8-13(9-6-2)19-15(17)11-10-14(16)18-12(4)7-3/h12-13H,5-11H2,1-4H3. The third-order valence-corrected chi connectivity index (χ3v) is 2.96. The molecule has 19 heavy (non-hydrogen) atoms. The maximum absolute atomic E-state index is 11.6. The minimum absolute atomic E-state index is 0.00640. The molecule has 0 saturated carbocycles. The van der Waals surface area contributed by atoms with Gasteiger partial charge in [-0.2, -0.15) is 0 Å². The molecule has 0 aliphatic heterocycles. The molecule has 0 amide bonds. The molecule has 0 rings (SSSR count). The molecule has 0 spiro atoms. The zero-order valence-corrected chi connectivity index (χ0v) is 12.7. The van der Waals surface area contributed by atoms with E-state index in [1.165, 1.54) is 0 Å². The molecule has 0 aromatic rings. The number of esters is 2. The number of carbonyl (C=O) groups excluding carboxylic acids is 2. The van der Waals surface area contributed by atoms with Crippen LogP contribution < -0.4 is 0 Å². The van der Waals surface area contributed by atoms with E-state index >= 15 is 0 Å². The molecular formula is C15H28O4. The van der Waals surface area contributed by atoms with Crippen molar-refractivity contribution >= 4 is 11.9 Å². The summed E-state index contributed by atoms with van der Waals surface area (Å²) in [5.74, 6) is -0.623. The molecule has 0 aliphatic carbocycles. The van der Waals surface area contributed by atoms with Crippen LogP contribution >= 0.6 is 0 Å². The predicted octanol–water partition coefficient (Wildman–Crippen LogP) is 3.62. The largest absolute Gasteiger partial charge is 0.463 e. The van der Waals surface area contributed by atoms with Gasteiger partial charge in [0.25, 0.3) is 0 Å². The van der Waals surface area contributed by atoms with Gasteiger partial charge in [0.05, 0.1) is 18.9 Å². The maximum atomic E-state index is 11.6. The molecule has 112 valence electrons. The van der Waals surface area contributed by atoms with Gasteiger partial charge in [-0.15, -0.1) is 0 Å². The molecule has 0 fully saturated rings. The highest BCUT2D eigenvalue weighted by molar-refractivity contribution is 5.77. The Morgan fingerprint density at radius 3 is 1.79 bits per heavy atom. The van der Waals surface area contributed by atoms with Crippen LogP contribution in [0, 0.1) is 0 Å². The second kappa shape index (κ2) is 10.8. The molecule has 0 radical (unpaired) electrons. The fourth-order valence-corrected chi connectivity index (χ4v) is 1.72. The first-order valence-electron chi connectivity index (χ1n) is 7.42. The van der Waals surface area contributed by atoms with Crippen molar-refractivity contribution in [3.8, 4) is 0 Å². The fraction of sp³-hybridized carbons (Fsp3) is 0.867. The topological polar surface area (TPSA) is 52.6 Å². The summed E-state index contributed by atoms with van der Waals surface area (Å²) in [5, 5.41) is 0. The summed E-state index contributed by atoms with van der Waals surface area (Å²) >= 11 is 0. The van der Waals surface area contributed by atoms with Crippen LogP contribution in [0.5, 0.6) is 0 Å². The molecule has 4 nitrogen and oxygen atoms in total. The summed E-state index contributed by atoms with van der Waals surface area (Å²) in [7, 11) is 0. The summed E-state index contributed by atoms with van der Waals surface area (Å²) in [6.45, 7) is 7.93. The highest BCUT2D eigenvalue weighted by Crippen LogP contribution is 2.11. The van der Waals surface area contributed by atoms with Crippen LogP contribution in [-0.2, 0) is 19.1 Å². The van der Waals surface area contributed by atoms with Gasteiger partial charge >= 0.3 is 11.9 Å². The van der Waals surface area contributed by atoms with E-state index in [0.29, 0.717) is 0 Å². The Kier molecular flexibility index (Phi) is 10.2. The monoisotopic (exact) mass is 272 g/mol. The van der Waals surface area contributed by atoms with E-state index in [1.807, 2.05) is 13.8 Å². The molecule has 1 unspecified atom stereocenters. The maximum Gasteiger partial charge on any atom is 0.306 e. The summed E-state index contributed by atoms with van der Waals surface area (Å²) < 4.78 is 10.5. The molecule has 0 aromatic heterocycles. The lowest BCUT2D eigenvalue weighted by Crippen LogP contribution is -2.20. The summed E-state index contributed by atoms with van der Waals surface area (Å²) in [4.78, 5) is 23.1. The van der Waals surface area contributed by atoms with E-state index in [9.17, 15) is 9.59 Å². The lowest BCUT2D eigenvalue weighted by Gasteiger charge is -2.16. The van der Waals surface area contributed by atoms with Gasteiger partial charge in [0, 0.05) is 0 Å². The number of ether oxygens (including phenoxy) is 2. The first-order chi connectivity index (χ1) is 9.03. The van der Waals surface area contributed by atoms with E-state index in [1.54, 1.807) is 0 Å². The highest BCUT2D eigenvalue weighted by Gasteiger charge is 2.15. The minimum Gasteiger partial charge on any atom is -0.463 e. The van der Waals surface area contributed by atoms with E-state index in [-0.39, 0.29) is 37.0 Å². The van der Waals surface area contributed by atoms with Crippen molar-refractivity contribution in [2.24, 2.45) is 0 Å². The predicted molar refractivity (Wildman–Crippen MR) is 74.8 cm³/mol.